The second-order valence-corrected chi connectivity index (χ2v) is 6.25. The molecule has 0 aliphatic heterocycles. The zero-order valence-corrected chi connectivity index (χ0v) is 16.1. The summed E-state index contributed by atoms with van der Waals surface area (Å²) in [6, 6.07) is 14.0. The minimum absolute atomic E-state index is 0.294. The number of carbonyl (C=O) groups is 2. The number of amides is 1. The zero-order chi connectivity index (χ0) is 20.3. The molecule has 3 aromatic rings. The maximum absolute atomic E-state index is 12.6. The number of benzene rings is 2. The van der Waals surface area contributed by atoms with Gasteiger partial charge in [-0.25, -0.2) is 4.79 Å². The van der Waals surface area contributed by atoms with E-state index in [0.29, 0.717) is 16.9 Å². The van der Waals surface area contributed by atoms with Crippen molar-refractivity contribution in [3.8, 4) is 17.0 Å². The lowest BCUT2D eigenvalue weighted by atomic mass is 10.1. The predicted molar refractivity (Wildman–Crippen MR) is 106 cm³/mol. The molecule has 7 nitrogen and oxygen atoms in total. The number of rotatable bonds is 5. The Morgan fingerprint density at radius 2 is 1.75 bits per heavy atom. The number of nitrogens with zero attached hydrogens (tertiary/aromatic N) is 2. The van der Waals surface area contributed by atoms with Gasteiger partial charge in [0.05, 0.1) is 25.5 Å². The summed E-state index contributed by atoms with van der Waals surface area (Å²) in [5.74, 6) is 0.0409. The van der Waals surface area contributed by atoms with Crippen LogP contribution < -0.4 is 10.1 Å². The van der Waals surface area contributed by atoms with E-state index in [1.54, 1.807) is 49.2 Å². The van der Waals surface area contributed by atoms with Crippen molar-refractivity contribution < 1.29 is 19.1 Å². The maximum atomic E-state index is 12.6. The number of hydrogen-bond acceptors (Lipinski definition) is 5. The maximum Gasteiger partial charge on any atom is 0.337 e. The van der Waals surface area contributed by atoms with Crippen LogP contribution in [0.4, 0.5) is 5.69 Å². The Labute approximate surface area is 162 Å². The van der Waals surface area contributed by atoms with Gasteiger partial charge in [-0.3, -0.25) is 9.48 Å². The Morgan fingerprint density at radius 3 is 2.36 bits per heavy atom. The molecule has 7 heteroatoms. The van der Waals surface area contributed by atoms with Crippen LogP contribution in [0.2, 0.25) is 0 Å². The third-order valence-corrected chi connectivity index (χ3v) is 4.37. The number of aromatic nitrogens is 2. The van der Waals surface area contributed by atoms with Gasteiger partial charge < -0.3 is 14.8 Å². The van der Waals surface area contributed by atoms with Gasteiger partial charge in [0.15, 0.2) is 5.69 Å². The summed E-state index contributed by atoms with van der Waals surface area (Å²) in [7, 11) is 4.74. The van der Waals surface area contributed by atoms with Crippen LogP contribution in [-0.2, 0) is 11.8 Å². The number of nitrogens with one attached hydrogen (secondary N) is 1. The molecule has 144 valence electrons. The Balaban J connectivity index is 1.79. The van der Waals surface area contributed by atoms with Gasteiger partial charge in [0.25, 0.3) is 5.91 Å². The van der Waals surface area contributed by atoms with Gasteiger partial charge in [0.2, 0.25) is 0 Å². The molecule has 0 atom stereocenters. The Hall–Kier alpha value is -3.61. The summed E-state index contributed by atoms with van der Waals surface area (Å²) in [6.45, 7) is 1.96. The lowest BCUT2D eigenvalue weighted by Gasteiger charge is -2.07. The summed E-state index contributed by atoms with van der Waals surface area (Å²) < 4.78 is 11.6. The highest BCUT2D eigenvalue weighted by Gasteiger charge is 2.15. The molecule has 1 N–H and O–H groups in total. The number of aryl methyl sites for hydroxylation is 2. The highest BCUT2D eigenvalue weighted by Crippen LogP contribution is 2.26. The van der Waals surface area contributed by atoms with E-state index in [9.17, 15) is 9.59 Å². The summed E-state index contributed by atoms with van der Waals surface area (Å²) in [5.41, 5.74) is 4.02. The highest BCUT2D eigenvalue weighted by atomic mass is 16.5. The number of carbonyl (C=O) groups excluding carboxylic acids is 2. The molecule has 0 bridgehead atoms. The van der Waals surface area contributed by atoms with Crippen molar-refractivity contribution in [1.29, 1.82) is 0 Å². The molecule has 1 aromatic heterocycles. The van der Waals surface area contributed by atoms with Crippen LogP contribution in [0.25, 0.3) is 11.3 Å². The van der Waals surface area contributed by atoms with Gasteiger partial charge >= 0.3 is 5.97 Å². The third kappa shape index (κ3) is 3.88. The number of esters is 1. The zero-order valence-electron chi connectivity index (χ0n) is 16.1. The molecule has 0 radical (unpaired) electrons. The molecular formula is C21H21N3O4. The molecule has 0 aliphatic carbocycles. The molecule has 1 amide bonds. The number of methoxy groups -OCH3 is 2. The Kier molecular flexibility index (Phi) is 5.44. The molecule has 0 saturated carbocycles. The Morgan fingerprint density at radius 1 is 1.04 bits per heavy atom. The van der Waals surface area contributed by atoms with Crippen molar-refractivity contribution in [3.05, 3.63) is 65.4 Å². The van der Waals surface area contributed by atoms with E-state index >= 15 is 0 Å². The summed E-state index contributed by atoms with van der Waals surface area (Å²) in [4.78, 5) is 24.0. The van der Waals surface area contributed by atoms with Crippen molar-refractivity contribution in [3.63, 3.8) is 0 Å². The fraction of sp³-hybridized carbons (Fsp3) is 0.190. The van der Waals surface area contributed by atoms with E-state index in [1.165, 1.54) is 7.11 Å². The van der Waals surface area contributed by atoms with Gasteiger partial charge in [-0.2, -0.15) is 5.10 Å². The molecule has 0 fully saturated rings. The first kappa shape index (κ1) is 19.2. The van der Waals surface area contributed by atoms with Crippen LogP contribution in [-0.4, -0.2) is 35.9 Å². The van der Waals surface area contributed by atoms with Crippen LogP contribution in [0.15, 0.2) is 48.5 Å². The smallest absolute Gasteiger partial charge is 0.337 e. The minimum Gasteiger partial charge on any atom is -0.496 e. The van der Waals surface area contributed by atoms with E-state index in [4.69, 9.17) is 4.74 Å². The van der Waals surface area contributed by atoms with E-state index < -0.39 is 5.97 Å². The number of ether oxygens (including phenoxy) is 2. The molecule has 0 aliphatic rings. The minimum atomic E-state index is -0.429. The van der Waals surface area contributed by atoms with Gasteiger partial charge in [-0.1, -0.05) is 0 Å². The Bertz CT molecular complexity index is 1020. The van der Waals surface area contributed by atoms with Crippen LogP contribution in [0, 0.1) is 6.92 Å². The first-order valence-electron chi connectivity index (χ1n) is 8.61. The molecule has 1 heterocycles. The largest absolute Gasteiger partial charge is 0.496 e. The normalized spacial score (nSPS) is 10.4. The van der Waals surface area contributed by atoms with Crippen molar-refractivity contribution in [2.75, 3.05) is 19.5 Å². The first-order chi connectivity index (χ1) is 13.4. The second-order valence-electron chi connectivity index (χ2n) is 6.25. The van der Waals surface area contributed by atoms with E-state index in [-0.39, 0.29) is 5.91 Å². The van der Waals surface area contributed by atoms with Crippen LogP contribution in [0.3, 0.4) is 0 Å². The molecule has 28 heavy (non-hydrogen) atoms. The summed E-state index contributed by atoms with van der Waals surface area (Å²) in [6.07, 6.45) is 0. The summed E-state index contributed by atoms with van der Waals surface area (Å²) in [5, 5.41) is 7.09. The summed E-state index contributed by atoms with van der Waals surface area (Å²) >= 11 is 0. The van der Waals surface area contributed by atoms with Crippen LogP contribution in [0.5, 0.6) is 5.75 Å². The molecule has 3 rings (SSSR count). The van der Waals surface area contributed by atoms with Crippen molar-refractivity contribution >= 4 is 17.6 Å². The van der Waals surface area contributed by atoms with Crippen LogP contribution >= 0.6 is 0 Å². The average molecular weight is 379 g/mol. The lowest BCUT2D eigenvalue weighted by molar-refractivity contribution is 0.0600. The van der Waals surface area contributed by atoms with E-state index in [0.717, 1.165) is 22.6 Å². The van der Waals surface area contributed by atoms with Crippen molar-refractivity contribution in [1.82, 2.24) is 9.78 Å². The third-order valence-electron chi connectivity index (χ3n) is 4.37. The monoisotopic (exact) mass is 379 g/mol. The fourth-order valence-electron chi connectivity index (χ4n) is 2.89. The molecule has 0 spiro atoms. The fourth-order valence-corrected chi connectivity index (χ4v) is 2.89. The SMILES string of the molecule is COC(=O)c1ccc(NC(=O)c2cc(-c3ccc(OC)c(C)c3)n(C)n2)cc1. The number of anilines is 1. The van der Waals surface area contributed by atoms with Gasteiger partial charge in [-0.05, 0) is 61.0 Å². The predicted octanol–water partition coefficient (Wildman–Crippen LogP) is 3.44. The molecule has 2 aromatic carbocycles. The quantitative estimate of drug-likeness (QED) is 0.687. The molecule has 0 saturated heterocycles. The van der Waals surface area contributed by atoms with Gasteiger partial charge in [-0.15, -0.1) is 0 Å². The van der Waals surface area contributed by atoms with Gasteiger partial charge in [0, 0.05) is 18.3 Å². The van der Waals surface area contributed by atoms with Crippen LogP contribution in [0.1, 0.15) is 26.4 Å². The lowest BCUT2D eigenvalue weighted by Crippen LogP contribution is -2.13. The van der Waals surface area contributed by atoms with Crippen molar-refractivity contribution in [2.45, 2.75) is 6.92 Å². The van der Waals surface area contributed by atoms with E-state index in [1.807, 2.05) is 25.1 Å². The molecule has 0 unspecified atom stereocenters. The average Bonchev–Trinajstić information content (AvgIpc) is 3.09. The standard InChI is InChI=1S/C21H21N3O4/c1-13-11-15(7-10-19(13)27-3)18-12-17(23-24(18)2)20(25)22-16-8-5-14(6-9-16)21(26)28-4/h5-12H,1-4H3,(H,22,25). The number of hydrogen-bond donors (Lipinski definition) is 1. The topological polar surface area (TPSA) is 82.5 Å². The van der Waals surface area contributed by atoms with Gasteiger partial charge in [0.1, 0.15) is 5.75 Å². The van der Waals surface area contributed by atoms with Crippen molar-refractivity contribution in [2.24, 2.45) is 7.05 Å². The first-order valence-corrected chi connectivity index (χ1v) is 8.61. The second kappa shape index (κ2) is 7.96. The highest BCUT2D eigenvalue weighted by molar-refractivity contribution is 6.03. The van der Waals surface area contributed by atoms with E-state index in [2.05, 4.69) is 15.2 Å². The molecular weight excluding hydrogens is 358 g/mol.